The molecule has 1 aliphatic heterocycles. The number of aromatic nitrogens is 2. The van der Waals surface area contributed by atoms with Crippen LogP contribution in [-0.2, 0) is 27.3 Å². The van der Waals surface area contributed by atoms with Gasteiger partial charge in [0, 0.05) is 28.2 Å². The Morgan fingerprint density at radius 1 is 1.48 bits per heavy atom. The van der Waals surface area contributed by atoms with Crippen molar-refractivity contribution in [3.63, 3.8) is 0 Å². The van der Waals surface area contributed by atoms with Gasteiger partial charge in [0.1, 0.15) is 12.1 Å². The van der Waals surface area contributed by atoms with Gasteiger partial charge in [-0.25, -0.2) is 0 Å². The van der Waals surface area contributed by atoms with Crippen molar-refractivity contribution in [3.05, 3.63) is 27.9 Å². The number of halogens is 5. The number of carbonyl (C=O) groups is 2. The smallest absolute Gasteiger partial charge is 0.406 e. The van der Waals surface area contributed by atoms with Gasteiger partial charge < -0.3 is 9.64 Å². The van der Waals surface area contributed by atoms with Crippen molar-refractivity contribution < 1.29 is 27.5 Å². The van der Waals surface area contributed by atoms with Crippen LogP contribution in [0.4, 0.5) is 13.2 Å². The van der Waals surface area contributed by atoms with Crippen molar-refractivity contribution in [2.24, 2.45) is 5.92 Å². The van der Waals surface area contributed by atoms with Gasteiger partial charge in [-0.1, -0.05) is 0 Å². The SMILES string of the molecule is COC(=O)C[C@@H]1Cc2cc(Br)c3c(cnn3Cl)c2CN(CC(F)(F)F)C1=O. The van der Waals surface area contributed by atoms with Crippen LogP contribution in [0.3, 0.4) is 0 Å². The zero-order valence-electron chi connectivity index (χ0n) is 14.0. The summed E-state index contributed by atoms with van der Waals surface area (Å²) in [4.78, 5) is 25.1. The van der Waals surface area contributed by atoms with Gasteiger partial charge >= 0.3 is 12.1 Å². The fourth-order valence-corrected chi connectivity index (χ4v) is 4.27. The molecule has 3 rings (SSSR count). The normalized spacial score (nSPS) is 17.8. The lowest BCUT2D eigenvalue weighted by atomic mass is 9.93. The molecule has 0 radical (unpaired) electrons. The van der Waals surface area contributed by atoms with Crippen LogP contribution < -0.4 is 0 Å². The van der Waals surface area contributed by atoms with Gasteiger partial charge in [-0.3, -0.25) is 9.59 Å². The largest absolute Gasteiger partial charge is 0.469 e. The maximum absolute atomic E-state index is 13.0. The zero-order valence-corrected chi connectivity index (χ0v) is 16.4. The summed E-state index contributed by atoms with van der Waals surface area (Å²) in [7, 11) is 1.17. The first kappa shape index (κ1) is 19.9. The van der Waals surface area contributed by atoms with Crippen molar-refractivity contribution in [3.8, 4) is 0 Å². The fourth-order valence-electron chi connectivity index (χ4n) is 3.29. The molecular formula is C16H14BrClF3N3O3. The Balaban J connectivity index is 2.12. The van der Waals surface area contributed by atoms with Crippen molar-refractivity contribution >= 4 is 50.5 Å². The third-order valence-corrected chi connectivity index (χ3v) is 5.32. The first-order valence-electron chi connectivity index (χ1n) is 7.87. The Kier molecular flexibility index (Phi) is 5.40. The van der Waals surface area contributed by atoms with Gasteiger partial charge in [-0.15, -0.1) is 0 Å². The second-order valence-corrected chi connectivity index (χ2v) is 7.43. The average Bonchev–Trinajstić information content (AvgIpc) is 2.91. The molecule has 0 unspecified atom stereocenters. The Labute approximate surface area is 165 Å². The minimum absolute atomic E-state index is 0.111. The molecule has 1 aliphatic rings. The van der Waals surface area contributed by atoms with Gasteiger partial charge in [0.15, 0.2) is 0 Å². The molecule has 27 heavy (non-hydrogen) atoms. The molecule has 11 heteroatoms. The highest BCUT2D eigenvalue weighted by Crippen LogP contribution is 2.36. The number of hydrogen-bond donors (Lipinski definition) is 0. The number of fused-ring (bicyclic) bond motifs is 3. The van der Waals surface area contributed by atoms with Gasteiger partial charge in [-0.05, 0) is 39.5 Å². The van der Waals surface area contributed by atoms with Gasteiger partial charge in [0.2, 0.25) is 5.91 Å². The maximum atomic E-state index is 13.0. The summed E-state index contributed by atoms with van der Waals surface area (Å²) in [6, 6.07) is 1.70. The van der Waals surface area contributed by atoms with Gasteiger partial charge in [0.25, 0.3) is 0 Å². The predicted molar refractivity (Wildman–Crippen MR) is 94.0 cm³/mol. The van der Waals surface area contributed by atoms with Crippen molar-refractivity contribution in [2.45, 2.75) is 25.6 Å². The lowest BCUT2D eigenvalue weighted by Gasteiger charge is -2.25. The van der Waals surface area contributed by atoms with Crippen LogP contribution in [0.25, 0.3) is 10.9 Å². The van der Waals surface area contributed by atoms with Crippen LogP contribution in [0.1, 0.15) is 17.5 Å². The van der Waals surface area contributed by atoms with E-state index in [-0.39, 0.29) is 19.4 Å². The molecule has 2 heterocycles. The zero-order chi connectivity index (χ0) is 19.9. The first-order chi connectivity index (χ1) is 12.6. The Hall–Kier alpha value is -1.81. The second-order valence-electron chi connectivity index (χ2n) is 6.25. The van der Waals surface area contributed by atoms with Crippen LogP contribution in [0.5, 0.6) is 0 Å². The fraction of sp³-hybridized carbons (Fsp3) is 0.438. The van der Waals surface area contributed by atoms with Gasteiger partial charge in [0.05, 0.1) is 25.6 Å². The minimum atomic E-state index is -4.57. The number of methoxy groups -OCH3 is 1. The standard InChI is InChI=1S/C16H14BrClF3N3O3/c1-27-13(25)4-9-2-8-3-12(17)14-10(5-22-24(14)18)11(8)6-23(15(9)26)7-16(19,20)21/h3,5,9H,2,4,6-7H2,1H3/t9-/m0/s1. The van der Waals surface area contributed by atoms with Crippen molar-refractivity contribution in [1.82, 2.24) is 14.2 Å². The molecule has 0 aliphatic carbocycles. The maximum Gasteiger partial charge on any atom is 0.406 e. The van der Waals surface area contributed by atoms with E-state index in [1.807, 2.05) is 0 Å². The highest BCUT2D eigenvalue weighted by Gasteiger charge is 2.39. The number of rotatable bonds is 3. The molecular weight excluding hydrogens is 455 g/mol. The molecule has 1 aromatic heterocycles. The van der Waals surface area contributed by atoms with E-state index in [0.29, 0.717) is 26.5 Å². The molecule has 1 atom stereocenters. The Morgan fingerprint density at radius 2 is 2.19 bits per heavy atom. The summed E-state index contributed by atoms with van der Waals surface area (Å²) in [5.74, 6) is -2.34. The van der Waals surface area contributed by atoms with Crippen LogP contribution >= 0.6 is 27.7 Å². The molecule has 2 aromatic rings. The molecule has 0 fully saturated rings. The van der Waals surface area contributed by atoms with Crippen molar-refractivity contribution in [2.75, 3.05) is 13.7 Å². The highest BCUT2D eigenvalue weighted by atomic mass is 79.9. The number of carbonyl (C=O) groups excluding carboxylic acids is 2. The molecule has 146 valence electrons. The minimum Gasteiger partial charge on any atom is -0.469 e. The number of esters is 1. The summed E-state index contributed by atoms with van der Waals surface area (Å²) in [6.45, 7) is -1.66. The quantitative estimate of drug-likeness (QED) is 0.648. The molecule has 0 spiro atoms. The van der Waals surface area contributed by atoms with Crippen LogP contribution in [-0.4, -0.2) is 45.9 Å². The Morgan fingerprint density at radius 3 is 2.81 bits per heavy atom. The summed E-state index contributed by atoms with van der Waals surface area (Å²) in [6.07, 6.45) is -3.31. The van der Waals surface area contributed by atoms with E-state index in [9.17, 15) is 22.8 Å². The van der Waals surface area contributed by atoms with E-state index in [1.165, 1.54) is 13.3 Å². The molecule has 6 nitrogen and oxygen atoms in total. The Bertz CT molecular complexity index is 916. The van der Waals surface area contributed by atoms with E-state index in [4.69, 9.17) is 11.8 Å². The third-order valence-electron chi connectivity index (χ3n) is 4.45. The van der Waals surface area contributed by atoms with Crippen LogP contribution in [0.2, 0.25) is 0 Å². The predicted octanol–water partition coefficient (Wildman–Crippen LogP) is 3.43. The number of alkyl halides is 3. The summed E-state index contributed by atoms with van der Waals surface area (Å²) < 4.78 is 45.4. The highest BCUT2D eigenvalue weighted by molar-refractivity contribution is 9.10. The lowest BCUT2D eigenvalue weighted by molar-refractivity contribution is -0.165. The van der Waals surface area contributed by atoms with E-state index in [1.54, 1.807) is 6.07 Å². The molecule has 1 aromatic carbocycles. The first-order valence-corrected chi connectivity index (χ1v) is 9.00. The van der Waals surface area contributed by atoms with Crippen LogP contribution in [0, 0.1) is 5.92 Å². The van der Waals surface area contributed by atoms with Crippen LogP contribution in [0.15, 0.2) is 16.7 Å². The molecule has 1 amide bonds. The second kappa shape index (κ2) is 7.31. The van der Waals surface area contributed by atoms with E-state index >= 15 is 0 Å². The molecule has 0 N–H and O–H groups in total. The number of hydrogen-bond acceptors (Lipinski definition) is 4. The monoisotopic (exact) mass is 467 g/mol. The number of ether oxygens (including phenoxy) is 1. The third kappa shape index (κ3) is 4.06. The average molecular weight is 469 g/mol. The van der Waals surface area contributed by atoms with E-state index in [0.717, 1.165) is 9.10 Å². The number of nitrogens with zero attached hydrogens (tertiary/aromatic N) is 3. The van der Waals surface area contributed by atoms with Gasteiger partial charge in [-0.2, -0.15) is 22.5 Å². The summed E-state index contributed by atoms with van der Waals surface area (Å²) in [5, 5.41) is 4.50. The molecule has 0 saturated carbocycles. The molecule has 0 bridgehead atoms. The number of benzene rings is 1. The van der Waals surface area contributed by atoms with E-state index < -0.39 is 30.5 Å². The topological polar surface area (TPSA) is 64.4 Å². The summed E-state index contributed by atoms with van der Waals surface area (Å²) in [5.41, 5.74) is 1.69. The molecule has 0 saturated heterocycles. The summed E-state index contributed by atoms with van der Waals surface area (Å²) >= 11 is 9.38. The van der Waals surface area contributed by atoms with Crippen molar-refractivity contribution in [1.29, 1.82) is 0 Å². The number of amides is 1. The van der Waals surface area contributed by atoms with E-state index in [2.05, 4.69) is 25.8 Å². The lowest BCUT2D eigenvalue weighted by Crippen LogP contribution is -2.41.